The van der Waals surface area contributed by atoms with Gasteiger partial charge in [0, 0.05) is 23.6 Å². The fourth-order valence-corrected chi connectivity index (χ4v) is 5.40. The average molecular weight is 537 g/mol. The lowest BCUT2D eigenvalue weighted by Crippen LogP contribution is -2.49. The zero-order chi connectivity index (χ0) is 24.6. The highest BCUT2D eigenvalue weighted by Crippen LogP contribution is 2.32. The summed E-state index contributed by atoms with van der Waals surface area (Å²) < 4.78 is 12.5. The third kappa shape index (κ3) is 6.31. The molecule has 3 aromatic rings. The summed E-state index contributed by atoms with van der Waals surface area (Å²) in [6, 6.07) is 24.1. The van der Waals surface area contributed by atoms with Crippen molar-refractivity contribution in [3.05, 3.63) is 88.4 Å². The van der Waals surface area contributed by atoms with E-state index in [0.717, 1.165) is 61.1 Å². The van der Waals surface area contributed by atoms with Crippen molar-refractivity contribution in [2.75, 3.05) is 26.7 Å². The van der Waals surface area contributed by atoms with Crippen LogP contribution in [0.4, 0.5) is 0 Å². The van der Waals surface area contributed by atoms with Crippen LogP contribution in [-0.2, 0) is 11.3 Å². The average Bonchev–Trinajstić information content (AvgIpc) is 2.89. The molecule has 1 aliphatic rings. The summed E-state index contributed by atoms with van der Waals surface area (Å²) in [6.45, 7) is 5.78. The first-order valence-corrected chi connectivity index (χ1v) is 13.0. The molecule has 0 saturated carbocycles. The largest absolute Gasteiger partial charge is 0.493 e. The summed E-state index contributed by atoms with van der Waals surface area (Å²) in [7, 11) is 1.65. The highest BCUT2D eigenvalue weighted by Gasteiger charge is 2.30. The van der Waals surface area contributed by atoms with Crippen molar-refractivity contribution in [2.24, 2.45) is 0 Å². The molecule has 3 aromatic carbocycles. The Hall–Kier alpha value is -2.67. The topological polar surface area (TPSA) is 42.0 Å². The second kappa shape index (κ2) is 12.3. The van der Waals surface area contributed by atoms with E-state index in [0.29, 0.717) is 17.5 Å². The van der Waals surface area contributed by atoms with Crippen LogP contribution in [0.2, 0.25) is 0 Å². The van der Waals surface area contributed by atoms with Crippen LogP contribution in [0.3, 0.4) is 0 Å². The third-order valence-electron chi connectivity index (χ3n) is 6.68. The number of benzene rings is 3. The van der Waals surface area contributed by atoms with Gasteiger partial charge in [0.2, 0.25) is 0 Å². The predicted molar refractivity (Wildman–Crippen MR) is 143 cm³/mol. The molecule has 1 heterocycles. The molecular formula is C29H33BrN2O3. The number of ether oxygens (including phenoxy) is 2. The van der Waals surface area contributed by atoms with Gasteiger partial charge in [-0.15, -0.1) is 0 Å². The van der Waals surface area contributed by atoms with E-state index in [1.54, 1.807) is 7.11 Å². The number of piperidine rings is 1. The fourth-order valence-electron chi connectivity index (χ4n) is 4.88. The number of nitrogens with zero attached hydrogens (tertiary/aromatic N) is 2. The molecule has 4 rings (SSSR count). The molecule has 1 saturated heterocycles. The first-order valence-electron chi connectivity index (χ1n) is 12.2. The smallest absolute Gasteiger partial charge is 0.169 e. The van der Waals surface area contributed by atoms with Crippen LogP contribution in [0.5, 0.6) is 17.2 Å². The maximum atomic E-state index is 12.1. The molecule has 35 heavy (non-hydrogen) atoms. The van der Waals surface area contributed by atoms with Crippen molar-refractivity contribution in [1.29, 1.82) is 0 Å². The zero-order valence-corrected chi connectivity index (χ0v) is 22.0. The molecule has 2 unspecified atom stereocenters. The van der Waals surface area contributed by atoms with Crippen molar-refractivity contribution < 1.29 is 14.3 Å². The molecule has 184 valence electrons. The fraction of sp³-hybridized carbons (Fsp3) is 0.345. The summed E-state index contributed by atoms with van der Waals surface area (Å²) >= 11 is 3.63. The van der Waals surface area contributed by atoms with E-state index in [4.69, 9.17) is 9.47 Å². The highest BCUT2D eigenvalue weighted by atomic mass is 79.9. The Labute approximate surface area is 216 Å². The number of aldehydes is 1. The maximum Gasteiger partial charge on any atom is 0.169 e. The summed E-state index contributed by atoms with van der Waals surface area (Å²) in [5, 5.41) is 0. The van der Waals surface area contributed by atoms with E-state index in [2.05, 4.69) is 44.8 Å². The van der Waals surface area contributed by atoms with E-state index < -0.39 is 0 Å². The Morgan fingerprint density at radius 3 is 2.60 bits per heavy atom. The monoisotopic (exact) mass is 536 g/mol. The summed E-state index contributed by atoms with van der Waals surface area (Å²) in [5.74, 6) is 2.21. The number of methoxy groups -OCH3 is 1. The number of hydrogen-bond acceptors (Lipinski definition) is 5. The van der Waals surface area contributed by atoms with Crippen molar-refractivity contribution in [1.82, 2.24) is 9.80 Å². The van der Waals surface area contributed by atoms with E-state index in [9.17, 15) is 4.79 Å². The molecule has 2 atom stereocenters. The minimum absolute atomic E-state index is 0.232. The van der Waals surface area contributed by atoms with Crippen LogP contribution in [0.15, 0.2) is 77.3 Å². The molecule has 0 amide bonds. The molecule has 5 nitrogen and oxygen atoms in total. The lowest BCUT2D eigenvalue weighted by molar-refractivity contribution is -0.113. The quantitative estimate of drug-likeness (QED) is 0.277. The van der Waals surface area contributed by atoms with Crippen molar-refractivity contribution >= 4 is 22.2 Å². The molecule has 0 N–H and O–H groups in total. The van der Waals surface area contributed by atoms with Gasteiger partial charge in [-0.1, -0.05) is 65.3 Å². The van der Waals surface area contributed by atoms with Gasteiger partial charge in [-0.2, -0.15) is 0 Å². The predicted octanol–water partition coefficient (Wildman–Crippen LogP) is 6.48. The Morgan fingerprint density at radius 2 is 1.86 bits per heavy atom. The number of hydrogen-bond donors (Lipinski definition) is 0. The first-order chi connectivity index (χ1) is 17.1. The van der Waals surface area contributed by atoms with E-state index >= 15 is 0 Å². The maximum absolute atomic E-state index is 12.1. The van der Waals surface area contributed by atoms with Crippen LogP contribution >= 0.6 is 15.9 Å². The molecule has 1 aliphatic heterocycles. The van der Waals surface area contributed by atoms with Gasteiger partial charge in [0.25, 0.3) is 0 Å². The summed E-state index contributed by atoms with van der Waals surface area (Å²) in [4.78, 5) is 17.0. The van der Waals surface area contributed by atoms with Crippen molar-refractivity contribution in [2.45, 2.75) is 38.4 Å². The Bertz CT molecular complexity index is 1120. The number of carbonyl (C=O) groups is 1. The normalized spacial score (nSPS) is 17.2. The van der Waals surface area contributed by atoms with Crippen molar-refractivity contribution in [3.8, 4) is 17.2 Å². The lowest BCUT2D eigenvalue weighted by atomic mass is 9.98. The van der Waals surface area contributed by atoms with Crippen LogP contribution in [-0.4, -0.2) is 48.9 Å². The standard InChI is InChI=1S/C29H33BrN2O3/c1-3-31(19-22-10-8-12-24(18-22)35-29-16-7-6-15-28(29)34-2)23-11-9-17-32(20-23)27(21-33)25-13-4-5-14-26(25)30/h4-8,10,12-16,18,21,23,27H,3,9,11,17,19-20H2,1-2H3. The van der Waals surface area contributed by atoms with Crippen LogP contribution in [0.1, 0.15) is 36.9 Å². The molecule has 6 heteroatoms. The zero-order valence-electron chi connectivity index (χ0n) is 20.4. The van der Waals surface area contributed by atoms with E-state index in [1.165, 1.54) is 5.56 Å². The Morgan fingerprint density at radius 1 is 1.09 bits per heavy atom. The highest BCUT2D eigenvalue weighted by molar-refractivity contribution is 9.10. The number of carbonyl (C=O) groups excluding carboxylic acids is 1. The lowest BCUT2D eigenvalue weighted by Gasteiger charge is -2.41. The van der Waals surface area contributed by atoms with Gasteiger partial charge in [-0.3, -0.25) is 9.80 Å². The Balaban J connectivity index is 1.46. The van der Waals surface area contributed by atoms with Gasteiger partial charge in [-0.25, -0.2) is 0 Å². The van der Waals surface area contributed by atoms with E-state index in [1.807, 2.05) is 60.7 Å². The summed E-state index contributed by atoms with van der Waals surface area (Å²) in [6.07, 6.45) is 3.29. The Kier molecular flexibility index (Phi) is 8.96. The van der Waals surface area contributed by atoms with Gasteiger partial charge in [-0.05, 0) is 67.4 Å². The number of halogens is 1. The molecule has 1 fully saturated rings. The minimum atomic E-state index is -0.232. The van der Waals surface area contributed by atoms with E-state index in [-0.39, 0.29) is 6.04 Å². The van der Waals surface area contributed by atoms with Gasteiger partial charge in [0.1, 0.15) is 12.0 Å². The number of likely N-dealkylation sites (tertiary alicyclic amines) is 1. The number of para-hydroxylation sites is 2. The molecule has 0 bridgehead atoms. The van der Waals surface area contributed by atoms with Crippen LogP contribution < -0.4 is 9.47 Å². The minimum Gasteiger partial charge on any atom is -0.493 e. The first kappa shape index (κ1) is 25.4. The summed E-state index contributed by atoms with van der Waals surface area (Å²) in [5.41, 5.74) is 2.24. The molecule has 0 aromatic heterocycles. The molecule has 0 radical (unpaired) electrons. The SMILES string of the molecule is CCN(Cc1cccc(Oc2ccccc2OC)c1)C1CCCN(C(C=O)c2ccccc2Br)C1. The van der Waals surface area contributed by atoms with Gasteiger partial charge in [0.05, 0.1) is 13.2 Å². The molecule has 0 aliphatic carbocycles. The molecular weight excluding hydrogens is 504 g/mol. The van der Waals surface area contributed by atoms with Gasteiger partial charge in [0.15, 0.2) is 11.5 Å². The third-order valence-corrected chi connectivity index (χ3v) is 7.40. The second-order valence-electron chi connectivity index (χ2n) is 8.86. The van der Waals surface area contributed by atoms with Crippen molar-refractivity contribution in [3.63, 3.8) is 0 Å². The van der Waals surface area contributed by atoms with Crippen LogP contribution in [0, 0.1) is 0 Å². The molecule has 0 spiro atoms. The number of likely N-dealkylation sites (N-methyl/N-ethyl adjacent to an activating group) is 1. The van der Waals surface area contributed by atoms with Crippen LogP contribution in [0.25, 0.3) is 0 Å². The van der Waals surface area contributed by atoms with Gasteiger partial charge < -0.3 is 14.3 Å². The van der Waals surface area contributed by atoms with Gasteiger partial charge >= 0.3 is 0 Å². The number of rotatable bonds is 10. The second-order valence-corrected chi connectivity index (χ2v) is 9.71.